The van der Waals surface area contributed by atoms with E-state index < -0.39 is 7.12 Å². The van der Waals surface area contributed by atoms with Crippen LogP contribution in [0.2, 0.25) is 0 Å². The molecule has 0 spiro atoms. The molecule has 12 heavy (non-hydrogen) atoms. The zero-order valence-electron chi connectivity index (χ0n) is 6.10. The molecule has 0 atom stereocenters. The SMILES string of the molecule is OB(O)c1n[nH]c2ncccc12. The molecular formula is C6H6BN3O2. The van der Waals surface area contributed by atoms with Gasteiger partial charge in [-0.15, -0.1) is 0 Å². The van der Waals surface area contributed by atoms with Crippen LogP contribution < -0.4 is 5.59 Å². The van der Waals surface area contributed by atoms with Crippen LogP contribution in [0.25, 0.3) is 11.0 Å². The Morgan fingerprint density at radius 1 is 1.42 bits per heavy atom. The smallest absolute Gasteiger partial charge is 0.422 e. The summed E-state index contributed by atoms with van der Waals surface area (Å²) in [5, 5.41) is 24.6. The first kappa shape index (κ1) is 7.26. The molecule has 0 aliphatic heterocycles. The third-order valence-corrected chi connectivity index (χ3v) is 1.61. The van der Waals surface area contributed by atoms with Crippen LogP contribution in [-0.4, -0.2) is 32.3 Å². The summed E-state index contributed by atoms with van der Waals surface area (Å²) >= 11 is 0. The topological polar surface area (TPSA) is 82.0 Å². The fourth-order valence-corrected chi connectivity index (χ4v) is 1.07. The highest BCUT2D eigenvalue weighted by atomic mass is 16.4. The molecule has 6 heteroatoms. The van der Waals surface area contributed by atoms with Gasteiger partial charge in [0.15, 0.2) is 5.65 Å². The van der Waals surface area contributed by atoms with Crippen LogP contribution in [0.1, 0.15) is 0 Å². The Morgan fingerprint density at radius 2 is 2.25 bits per heavy atom. The molecule has 5 nitrogen and oxygen atoms in total. The fraction of sp³-hybridized carbons (Fsp3) is 0. The molecule has 0 aliphatic rings. The van der Waals surface area contributed by atoms with Crippen molar-refractivity contribution in [1.82, 2.24) is 15.2 Å². The van der Waals surface area contributed by atoms with Crippen molar-refractivity contribution < 1.29 is 10.0 Å². The summed E-state index contributed by atoms with van der Waals surface area (Å²) in [6.07, 6.45) is 1.61. The lowest BCUT2D eigenvalue weighted by Crippen LogP contribution is -2.31. The number of pyridine rings is 1. The molecule has 60 valence electrons. The summed E-state index contributed by atoms with van der Waals surface area (Å²) in [6, 6.07) is 3.43. The second-order valence-electron chi connectivity index (χ2n) is 2.38. The maximum Gasteiger partial charge on any atom is 0.510 e. The van der Waals surface area contributed by atoms with E-state index in [2.05, 4.69) is 15.2 Å². The highest BCUT2D eigenvalue weighted by Gasteiger charge is 2.18. The van der Waals surface area contributed by atoms with Gasteiger partial charge < -0.3 is 10.0 Å². The zero-order chi connectivity index (χ0) is 8.55. The number of hydrogen-bond acceptors (Lipinski definition) is 4. The number of nitrogens with one attached hydrogen (secondary N) is 1. The number of hydrogen-bond donors (Lipinski definition) is 3. The molecule has 3 N–H and O–H groups in total. The first-order chi connectivity index (χ1) is 5.79. The molecule has 2 heterocycles. The Morgan fingerprint density at radius 3 is 3.00 bits per heavy atom. The van der Waals surface area contributed by atoms with Crippen LogP contribution in [0.3, 0.4) is 0 Å². The summed E-state index contributed by atoms with van der Waals surface area (Å²) in [4.78, 5) is 3.94. The third-order valence-electron chi connectivity index (χ3n) is 1.61. The molecule has 0 bridgehead atoms. The van der Waals surface area contributed by atoms with Gasteiger partial charge in [0.05, 0.1) is 0 Å². The second-order valence-corrected chi connectivity index (χ2v) is 2.38. The maximum absolute atomic E-state index is 8.86. The van der Waals surface area contributed by atoms with Gasteiger partial charge >= 0.3 is 7.12 Å². The van der Waals surface area contributed by atoms with Crippen molar-refractivity contribution in [2.45, 2.75) is 0 Å². The fourth-order valence-electron chi connectivity index (χ4n) is 1.07. The standard InChI is InChI=1S/C6H6BN3O2/c11-7(12)5-4-2-1-3-8-6(4)10-9-5/h1-3,11-12H,(H,8,9,10). The van der Waals surface area contributed by atoms with E-state index in [0.717, 1.165) is 0 Å². The summed E-state index contributed by atoms with van der Waals surface area (Å²) < 4.78 is 0. The highest BCUT2D eigenvalue weighted by molar-refractivity contribution is 6.60. The van der Waals surface area contributed by atoms with Crippen LogP contribution >= 0.6 is 0 Å². The number of nitrogens with zero attached hydrogens (tertiary/aromatic N) is 2. The van der Waals surface area contributed by atoms with E-state index in [4.69, 9.17) is 10.0 Å². The molecule has 0 fully saturated rings. The van der Waals surface area contributed by atoms with Crippen molar-refractivity contribution in [2.75, 3.05) is 0 Å². The van der Waals surface area contributed by atoms with E-state index in [-0.39, 0.29) is 5.59 Å². The molecule has 2 aromatic rings. The van der Waals surface area contributed by atoms with E-state index in [1.165, 1.54) is 0 Å². The first-order valence-corrected chi connectivity index (χ1v) is 3.44. The van der Waals surface area contributed by atoms with Crippen molar-refractivity contribution in [2.24, 2.45) is 0 Å². The van der Waals surface area contributed by atoms with Crippen LogP contribution in [0.5, 0.6) is 0 Å². The van der Waals surface area contributed by atoms with Gasteiger partial charge in [0.2, 0.25) is 0 Å². The van der Waals surface area contributed by atoms with Crippen LogP contribution in [0.4, 0.5) is 0 Å². The van der Waals surface area contributed by atoms with Gasteiger partial charge in [0.25, 0.3) is 0 Å². The van der Waals surface area contributed by atoms with E-state index in [1.54, 1.807) is 18.3 Å². The molecule has 2 rings (SSSR count). The van der Waals surface area contributed by atoms with Gasteiger partial charge in [-0.25, -0.2) is 4.98 Å². The number of H-pyrrole nitrogens is 1. The Balaban J connectivity index is 2.70. The van der Waals surface area contributed by atoms with Gasteiger partial charge in [-0.1, -0.05) is 0 Å². The van der Waals surface area contributed by atoms with Crippen molar-refractivity contribution >= 4 is 23.7 Å². The Bertz CT molecular complexity index is 400. The summed E-state index contributed by atoms with van der Waals surface area (Å²) in [6.45, 7) is 0. The van der Waals surface area contributed by atoms with Crippen LogP contribution in [-0.2, 0) is 0 Å². The number of rotatable bonds is 1. The van der Waals surface area contributed by atoms with Crippen molar-refractivity contribution in [3.05, 3.63) is 18.3 Å². The van der Waals surface area contributed by atoms with Gasteiger partial charge in [-0.3, -0.25) is 5.10 Å². The lowest BCUT2D eigenvalue weighted by Gasteiger charge is -1.91. The average molecular weight is 163 g/mol. The predicted octanol–water partition coefficient (Wildman–Crippen LogP) is -1.36. The van der Waals surface area contributed by atoms with Gasteiger partial charge in [0.1, 0.15) is 5.59 Å². The minimum Gasteiger partial charge on any atom is -0.422 e. The minimum atomic E-state index is -1.55. The summed E-state index contributed by atoms with van der Waals surface area (Å²) in [5.41, 5.74) is 0.763. The van der Waals surface area contributed by atoms with Crippen molar-refractivity contribution in [3.63, 3.8) is 0 Å². The van der Waals surface area contributed by atoms with Crippen LogP contribution in [0.15, 0.2) is 18.3 Å². The van der Waals surface area contributed by atoms with E-state index in [1.807, 2.05) is 0 Å². The third kappa shape index (κ3) is 0.974. The Hall–Kier alpha value is -1.40. The molecule has 0 aromatic carbocycles. The average Bonchev–Trinajstić information content (AvgIpc) is 2.47. The van der Waals surface area contributed by atoms with Gasteiger partial charge in [-0.2, -0.15) is 5.10 Å². The molecule has 0 unspecified atom stereocenters. The molecule has 0 saturated carbocycles. The lowest BCUT2D eigenvalue weighted by molar-refractivity contribution is 0.424. The summed E-state index contributed by atoms with van der Waals surface area (Å²) in [5.74, 6) is 0. The lowest BCUT2D eigenvalue weighted by atomic mass is 9.84. The molecule has 0 radical (unpaired) electrons. The van der Waals surface area contributed by atoms with Crippen molar-refractivity contribution in [1.29, 1.82) is 0 Å². The van der Waals surface area contributed by atoms with Gasteiger partial charge in [-0.05, 0) is 12.1 Å². The number of aromatic amines is 1. The summed E-state index contributed by atoms with van der Waals surface area (Å²) in [7, 11) is -1.55. The second kappa shape index (κ2) is 2.58. The molecular weight excluding hydrogens is 157 g/mol. The number of fused-ring (bicyclic) bond motifs is 1. The van der Waals surface area contributed by atoms with E-state index in [0.29, 0.717) is 11.0 Å². The molecule has 0 aliphatic carbocycles. The Kier molecular flexibility index (Phi) is 1.56. The first-order valence-electron chi connectivity index (χ1n) is 3.44. The number of aromatic nitrogens is 3. The normalized spacial score (nSPS) is 10.5. The minimum absolute atomic E-state index is 0.207. The monoisotopic (exact) mass is 163 g/mol. The largest absolute Gasteiger partial charge is 0.510 e. The van der Waals surface area contributed by atoms with E-state index >= 15 is 0 Å². The Labute approximate surface area is 68.2 Å². The molecule has 2 aromatic heterocycles. The van der Waals surface area contributed by atoms with Gasteiger partial charge in [0, 0.05) is 11.6 Å². The van der Waals surface area contributed by atoms with Crippen molar-refractivity contribution in [3.8, 4) is 0 Å². The van der Waals surface area contributed by atoms with Crippen LogP contribution in [0, 0.1) is 0 Å². The zero-order valence-corrected chi connectivity index (χ0v) is 6.10. The molecule has 0 amide bonds. The maximum atomic E-state index is 8.86. The predicted molar refractivity (Wildman–Crippen MR) is 43.7 cm³/mol. The quantitative estimate of drug-likeness (QED) is 0.453. The highest BCUT2D eigenvalue weighted by Crippen LogP contribution is 2.02. The van der Waals surface area contributed by atoms with E-state index in [9.17, 15) is 0 Å². The molecule has 0 saturated heterocycles.